The van der Waals surface area contributed by atoms with Crippen LogP contribution in [-0.2, 0) is 0 Å². The Morgan fingerprint density at radius 2 is 2.04 bits per heavy atom. The van der Waals surface area contributed by atoms with Crippen molar-refractivity contribution >= 4 is 23.4 Å². The van der Waals surface area contributed by atoms with Crippen LogP contribution in [0, 0.1) is 6.92 Å². The zero-order valence-electron chi connectivity index (χ0n) is 13.9. The van der Waals surface area contributed by atoms with E-state index in [4.69, 9.17) is 10.5 Å². The molecule has 0 radical (unpaired) electrons. The summed E-state index contributed by atoms with van der Waals surface area (Å²) in [6.07, 6.45) is 3.76. The largest absolute Gasteiger partial charge is 0.497 e. The number of nitrogens with zero attached hydrogens (tertiary/aromatic N) is 3. The summed E-state index contributed by atoms with van der Waals surface area (Å²) in [5, 5.41) is 3.08. The van der Waals surface area contributed by atoms with Crippen LogP contribution in [0.1, 0.15) is 28.8 Å². The molecule has 24 heavy (non-hydrogen) atoms. The molecule has 1 amide bonds. The molecule has 0 aliphatic carbocycles. The molecule has 1 aromatic carbocycles. The number of methoxy groups -OCH3 is 1. The lowest BCUT2D eigenvalue weighted by molar-refractivity contribution is 0.0792. The molecule has 2 aromatic rings. The lowest BCUT2D eigenvalue weighted by Gasteiger charge is -2.17. The SMILES string of the molecule is COc1cc(Nc2ncc(C)c(N)n2)cc(C(=O)N2CCCC2)c1. The molecule has 2 heterocycles. The molecule has 1 aliphatic heterocycles. The Balaban J connectivity index is 1.88. The predicted octanol–water partition coefficient (Wildman–Crippen LogP) is 2.36. The molecule has 3 N–H and O–H groups in total. The van der Waals surface area contributed by atoms with Gasteiger partial charge in [-0.05, 0) is 31.9 Å². The van der Waals surface area contributed by atoms with Crippen LogP contribution in [0.5, 0.6) is 5.75 Å². The fourth-order valence-corrected chi connectivity index (χ4v) is 2.66. The van der Waals surface area contributed by atoms with E-state index in [1.165, 1.54) is 0 Å². The van der Waals surface area contributed by atoms with Crippen molar-refractivity contribution in [1.29, 1.82) is 0 Å². The maximum absolute atomic E-state index is 12.6. The molecule has 7 nitrogen and oxygen atoms in total. The Kier molecular flexibility index (Phi) is 4.50. The topological polar surface area (TPSA) is 93.4 Å². The van der Waals surface area contributed by atoms with Gasteiger partial charge in [-0.1, -0.05) is 0 Å². The molecule has 1 aromatic heterocycles. The quantitative estimate of drug-likeness (QED) is 0.895. The normalized spacial score (nSPS) is 13.8. The number of benzene rings is 1. The van der Waals surface area contributed by atoms with E-state index in [1.807, 2.05) is 11.8 Å². The first-order valence-electron chi connectivity index (χ1n) is 7.91. The van der Waals surface area contributed by atoms with Gasteiger partial charge in [0.15, 0.2) is 0 Å². The molecule has 0 bridgehead atoms. The van der Waals surface area contributed by atoms with Crippen molar-refractivity contribution in [3.05, 3.63) is 35.5 Å². The molecule has 0 atom stereocenters. The summed E-state index contributed by atoms with van der Waals surface area (Å²) >= 11 is 0. The minimum atomic E-state index is 0.0128. The van der Waals surface area contributed by atoms with Gasteiger partial charge in [-0.2, -0.15) is 4.98 Å². The van der Waals surface area contributed by atoms with E-state index < -0.39 is 0 Å². The lowest BCUT2D eigenvalue weighted by Crippen LogP contribution is -2.27. The second-order valence-electron chi connectivity index (χ2n) is 5.84. The first kappa shape index (κ1) is 16.0. The Labute approximate surface area is 140 Å². The Morgan fingerprint density at radius 1 is 1.29 bits per heavy atom. The summed E-state index contributed by atoms with van der Waals surface area (Å²) in [5.74, 6) is 1.41. The van der Waals surface area contributed by atoms with Gasteiger partial charge in [0.1, 0.15) is 11.6 Å². The number of nitrogens with one attached hydrogen (secondary N) is 1. The van der Waals surface area contributed by atoms with Gasteiger partial charge in [-0.3, -0.25) is 4.79 Å². The molecular formula is C17H21N5O2. The minimum Gasteiger partial charge on any atom is -0.497 e. The summed E-state index contributed by atoms with van der Waals surface area (Å²) in [7, 11) is 1.57. The summed E-state index contributed by atoms with van der Waals surface area (Å²) in [5.41, 5.74) is 7.89. The van der Waals surface area contributed by atoms with Crippen LogP contribution in [0.4, 0.5) is 17.5 Å². The zero-order chi connectivity index (χ0) is 17.1. The van der Waals surface area contributed by atoms with Crippen molar-refractivity contribution in [2.24, 2.45) is 0 Å². The average molecular weight is 327 g/mol. The Morgan fingerprint density at radius 3 is 2.71 bits per heavy atom. The third-order valence-electron chi connectivity index (χ3n) is 4.05. The zero-order valence-corrected chi connectivity index (χ0v) is 13.9. The van der Waals surface area contributed by atoms with Gasteiger partial charge < -0.3 is 20.7 Å². The highest BCUT2D eigenvalue weighted by molar-refractivity contribution is 5.96. The number of aromatic nitrogens is 2. The van der Waals surface area contributed by atoms with Crippen molar-refractivity contribution in [1.82, 2.24) is 14.9 Å². The minimum absolute atomic E-state index is 0.0128. The highest BCUT2D eigenvalue weighted by Gasteiger charge is 2.20. The number of amides is 1. The molecular weight excluding hydrogens is 306 g/mol. The van der Waals surface area contributed by atoms with Crippen LogP contribution in [0.2, 0.25) is 0 Å². The third kappa shape index (κ3) is 3.40. The number of likely N-dealkylation sites (tertiary alicyclic amines) is 1. The first-order valence-corrected chi connectivity index (χ1v) is 7.91. The van der Waals surface area contributed by atoms with Crippen LogP contribution in [-0.4, -0.2) is 41.0 Å². The van der Waals surface area contributed by atoms with Crippen molar-refractivity contribution < 1.29 is 9.53 Å². The predicted molar refractivity (Wildman–Crippen MR) is 92.6 cm³/mol. The van der Waals surface area contributed by atoms with Crippen LogP contribution < -0.4 is 15.8 Å². The molecule has 0 spiro atoms. The number of carbonyl (C=O) groups excluding carboxylic acids is 1. The summed E-state index contributed by atoms with van der Waals surface area (Å²) in [4.78, 5) is 22.9. The summed E-state index contributed by atoms with van der Waals surface area (Å²) in [6.45, 7) is 3.45. The molecule has 1 aliphatic rings. The van der Waals surface area contributed by atoms with Crippen LogP contribution in [0.15, 0.2) is 24.4 Å². The van der Waals surface area contributed by atoms with E-state index >= 15 is 0 Å². The van der Waals surface area contributed by atoms with E-state index in [2.05, 4.69) is 15.3 Å². The van der Waals surface area contributed by atoms with Crippen molar-refractivity contribution in [3.63, 3.8) is 0 Å². The second kappa shape index (κ2) is 6.74. The number of rotatable bonds is 4. The molecule has 1 fully saturated rings. The summed E-state index contributed by atoms with van der Waals surface area (Å²) < 4.78 is 5.31. The fourth-order valence-electron chi connectivity index (χ4n) is 2.66. The number of nitrogen functional groups attached to an aromatic ring is 1. The van der Waals surface area contributed by atoms with E-state index in [-0.39, 0.29) is 5.91 Å². The van der Waals surface area contributed by atoms with Crippen molar-refractivity contribution in [2.45, 2.75) is 19.8 Å². The molecule has 7 heteroatoms. The van der Waals surface area contributed by atoms with Crippen LogP contribution >= 0.6 is 0 Å². The number of anilines is 3. The molecule has 126 valence electrons. The van der Waals surface area contributed by atoms with Crippen molar-refractivity contribution in [2.75, 3.05) is 31.2 Å². The fraction of sp³-hybridized carbons (Fsp3) is 0.353. The van der Waals surface area contributed by atoms with Crippen LogP contribution in [0.25, 0.3) is 0 Å². The van der Waals surface area contributed by atoms with Crippen molar-refractivity contribution in [3.8, 4) is 5.75 Å². The number of nitrogens with two attached hydrogens (primary N) is 1. The molecule has 1 saturated heterocycles. The molecule has 0 saturated carbocycles. The standard InChI is InChI=1S/C17H21N5O2/c1-11-10-19-17(21-15(11)18)20-13-7-12(8-14(9-13)24-2)16(23)22-5-3-4-6-22/h7-10H,3-6H2,1-2H3,(H3,18,19,20,21). The Hall–Kier alpha value is -2.83. The number of ether oxygens (including phenoxy) is 1. The van der Waals surface area contributed by atoms with E-state index in [9.17, 15) is 4.79 Å². The smallest absolute Gasteiger partial charge is 0.254 e. The van der Waals surface area contributed by atoms with Crippen LogP contribution in [0.3, 0.4) is 0 Å². The van der Waals surface area contributed by atoms with Gasteiger partial charge in [-0.15, -0.1) is 0 Å². The molecule has 0 unspecified atom stereocenters. The number of aryl methyl sites for hydroxylation is 1. The highest BCUT2D eigenvalue weighted by atomic mass is 16.5. The van der Waals surface area contributed by atoms with E-state index in [0.29, 0.717) is 28.8 Å². The van der Waals surface area contributed by atoms with Gasteiger partial charge in [0.2, 0.25) is 5.95 Å². The van der Waals surface area contributed by atoms with E-state index in [0.717, 1.165) is 31.5 Å². The second-order valence-corrected chi connectivity index (χ2v) is 5.84. The van der Waals surface area contributed by atoms with Gasteiger partial charge in [0.25, 0.3) is 5.91 Å². The first-order chi connectivity index (χ1) is 11.6. The van der Waals surface area contributed by atoms with Gasteiger partial charge in [0.05, 0.1) is 7.11 Å². The third-order valence-corrected chi connectivity index (χ3v) is 4.05. The highest BCUT2D eigenvalue weighted by Crippen LogP contribution is 2.25. The summed E-state index contributed by atoms with van der Waals surface area (Å²) in [6, 6.07) is 5.32. The maximum atomic E-state index is 12.6. The van der Waals surface area contributed by atoms with E-state index in [1.54, 1.807) is 31.5 Å². The molecule has 3 rings (SSSR count). The van der Waals surface area contributed by atoms with Gasteiger partial charge >= 0.3 is 0 Å². The number of carbonyl (C=O) groups is 1. The monoisotopic (exact) mass is 327 g/mol. The number of hydrogen-bond donors (Lipinski definition) is 2. The average Bonchev–Trinajstić information content (AvgIpc) is 3.11. The van der Waals surface area contributed by atoms with Gasteiger partial charge in [-0.25, -0.2) is 4.98 Å². The lowest BCUT2D eigenvalue weighted by atomic mass is 10.1. The maximum Gasteiger partial charge on any atom is 0.254 e. The Bertz CT molecular complexity index is 757. The number of hydrogen-bond acceptors (Lipinski definition) is 6. The van der Waals surface area contributed by atoms with Gasteiger partial charge in [0, 0.05) is 42.2 Å².